The van der Waals surface area contributed by atoms with E-state index in [2.05, 4.69) is 4.90 Å². The van der Waals surface area contributed by atoms with E-state index in [0.717, 1.165) is 49.4 Å². The van der Waals surface area contributed by atoms with Crippen LogP contribution in [-0.4, -0.2) is 37.4 Å². The number of hydrogen-bond acceptors (Lipinski definition) is 5. The van der Waals surface area contributed by atoms with E-state index in [4.69, 9.17) is 25.8 Å². The van der Waals surface area contributed by atoms with Gasteiger partial charge in [-0.05, 0) is 38.4 Å². The minimum absolute atomic E-state index is 0.0389. The number of benzene rings is 1. The minimum Gasteiger partial charge on any atom is -0.467 e. The molecule has 1 aromatic rings. The molecule has 23 heavy (non-hydrogen) atoms. The lowest BCUT2D eigenvalue weighted by Crippen LogP contribution is -2.39. The molecule has 2 aliphatic rings. The second-order valence-electron chi connectivity index (χ2n) is 5.99. The van der Waals surface area contributed by atoms with Crippen LogP contribution in [0.3, 0.4) is 0 Å². The summed E-state index contributed by atoms with van der Waals surface area (Å²) in [7, 11) is 0. The average molecular weight is 340 g/mol. The highest BCUT2D eigenvalue weighted by molar-refractivity contribution is 6.30. The Labute approximate surface area is 141 Å². The van der Waals surface area contributed by atoms with Gasteiger partial charge in [0.05, 0.1) is 19.1 Å². The van der Waals surface area contributed by atoms with Gasteiger partial charge in [-0.2, -0.15) is 0 Å². The van der Waals surface area contributed by atoms with Gasteiger partial charge in [-0.3, -0.25) is 9.69 Å². The molecule has 0 aromatic heterocycles. The van der Waals surface area contributed by atoms with Crippen molar-refractivity contribution in [3.8, 4) is 5.75 Å². The first-order valence-electron chi connectivity index (χ1n) is 8.08. The number of rotatable bonds is 4. The molecule has 0 spiro atoms. The Bertz CT molecular complexity index is 578. The van der Waals surface area contributed by atoms with Crippen LogP contribution in [0.15, 0.2) is 12.1 Å². The van der Waals surface area contributed by atoms with Crippen LogP contribution in [-0.2, 0) is 27.4 Å². The van der Waals surface area contributed by atoms with Crippen LogP contribution >= 0.6 is 11.6 Å². The van der Waals surface area contributed by atoms with Crippen molar-refractivity contribution in [2.24, 2.45) is 5.92 Å². The van der Waals surface area contributed by atoms with E-state index >= 15 is 0 Å². The molecule has 2 heterocycles. The molecule has 0 unspecified atom stereocenters. The Morgan fingerprint density at radius 1 is 1.48 bits per heavy atom. The summed E-state index contributed by atoms with van der Waals surface area (Å²) in [6.07, 6.45) is 1.89. The molecule has 0 radical (unpaired) electrons. The second kappa shape index (κ2) is 7.51. The summed E-state index contributed by atoms with van der Waals surface area (Å²) in [6.45, 7) is 5.48. The Morgan fingerprint density at radius 2 is 2.35 bits per heavy atom. The number of likely N-dealkylation sites (tertiary alicyclic amines) is 1. The SMILES string of the molecule is CCOC(=O)[C@@H]1CCCN(Cc2cc(Cl)cc3c2OCOC3)C1. The molecular formula is C17H22ClNO4. The summed E-state index contributed by atoms with van der Waals surface area (Å²) in [5, 5.41) is 0.687. The molecule has 1 saturated heterocycles. The molecule has 0 aliphatic carbocycles. The number of nitrogens with zero attached hydrogens (tertiary/aromatic N) is 1. The van der Waals surface area contributed by atoms with Gasteiger partial charge in [0.15, 0.2) is 6.79 Å². The quantitative estimate of drug-likeness (QED) is 0.789. The smallest absolute Gasteiger partial charge is 0.310 e. The molecule has 3 rings (SSSR count). The maximum Gasteiger partial charge on any atom is 0.310 e. The minimum atomic E-state index is -0.0880. The summed E-state index contributed by atoms with van der Waals surface area (Å²) >= 11 is 6.22. The lowest BCUT2D eigenvalue weighted by atomic mass is 9.97. The molecule has 1 fully saturated rings. The molecule has 126 valence electrons. The van der Waals surface area contributed by atoms with Gasteiger partial charge in [0, 0.05) is 29.2 Å². The van der Waals surface area contributed by atoms with Gasteiger partial charge in [-0.15, -0.1) is 0 Å². The normalized spacial score (nSPS) is 21.4. The van der Waals surface area contributed by atoms with Gasteiger partial charge in [0.25, 0.3) is 0 Å². The van der Waals surface area contributed by atoms with Crippen LogP contribution < -0.4 is 4.74 Å². The van der Waals surface area contributed by atoms with E-state index in [9.17, 15) is 4.79 Å². The number of halogens is 1. The molecule has 1 aromatic carbocycles. The Balaban J connectivity index is 1.71. The maximum absolute atomic E-state index is 12.0. The van der Waals surface area contributed by atoms with Gasteiger partial charge in [0.1, 0.15) is 5.75 Å². The largest absolute Gasteiger partial charge is 0.467 e. The van der Waals surface area contributed by atoms with E-state index < -0.39 is 0 Å². The molecule has 0 saturated carbocycles. The predicted octanol–water partition coefficient (Wildman–Crippen LogP) is 2.98. The zero-order chi connectivity index (χ0) is 16.2. The topological polar surface area (TPSA) is 48.0 Å². The molecular weight excluding hydrogens is 318 g/mol. The highest BCUT2D eigenvalue weighted by Crippen LogP contribution is 2.33. The van der Waals surface area contributed by atoms with E-state index in [1.54, 1.807) is 0 Å². The van der Waals surface area contributed by atoms with Crippen LogP contribution in [0.4, 0.5) is 0 Å². The van der Waals surface area contributed by atoms with Gasteiger partial charge in [0.2, 0.25) is 0 Å². The number of carbonyl (C=O) groups excluding carboxylic acids is 1. The second-order valence-corrected chi connectivity index (χ2v) is 6.43. The van der Waals surface area contributed by atoms with E-state index in [1.165, 1.54) is 0 Å². The van der Waals surface area contributed by atoms with Crippen LogP contribution in [0, 0.1) is 5.92 Å². The zero-order valence-corrected chi connectivity index (χ0v) is 14.1. The standard InChI is InChI=1S/C17H22ClNO4/c1-2-22-17(20)12-4-3-5-19(8-12)9-13-6-15(18)7-14-10-21-11-23-16(13)14/h6-7,12H,2-5,8-11H2,1H3/t12-/m1/s1. The average Bonchev–Trinajstić information content (AvgIpc) is 2.55. The maximum atomic E-state index is 12.0. The summed E-state index contributed by atoms with van der Waals surface area (Å²) < 4.78 is 16.1. The van der Waals surface area contributed by atoms with Crippen molar-refractivity contribution < 1.29 is 19.0 Å². The number of hydrogen-bond donors (Lipinski definition) is 0. The van der Waals surface area contributed by atoms with E-state index in [1.807, 2.05) is 19.1 Å². The third-order valence-electron chi connectivity index (χ3n) is 4.27. The van der Waals surface area contributed by atoms with Crippen molar-refractivity contribution >= 4 is 17.6 Å². The molecule has 5 nitrogen and oxygen atoms in total. The monoisotopic (exact) mass is 339 g/mol. The van der Waals surface area contributed by atoms with Crippen LogP contribution in [0.2, 0.25) is 5.02 Å². The van der Waals surface area contributed by atoms with Crippen LogP contribution in [0.1, 0.15) is 30.9 Å². The van der Waals surface area contributed by atoms with Crippen molar-refractivity contribution in [3.63, 3.8) is 0 Å². The third kappa shape index (κ3) is 3.97. The summed E-state index contributed by atoms with van der Waals surface area (Å²) in [4.78, 5) is 14.2. The molecule has 2 aliphatic heterocycles. The Hall–Kier alpha value is -1.30. The van der Waals surface area contributed by atoms with E-state index in [0.29, 0.717) is 18.2 Å². The van der Waals surface area contributed by atoms with Crippen molar-refractivity contribution in [2.75, 3.05) is 26.5 Å². The lowest BCUT2D eigenvalue weighted by Gasteiger charge is -2.32. The Kier molecular flexibility index (Phi) is 5.41. The first kappa shape index (κ1) is 16.6. The molecule has 1 atom stereocenters. The summed E-state index contributed by atoms with van der Waals surface area (Å²) in [5.41, 5.74) is 2.04. The fraction of sp³-hybridized carbons (Fsp3) is 0.588. The lowest BCUT2D eigenvalue weighted by molar-refractivity contribution is -0.150. The molecule has 0 N–H and O–H groups in total. The van der Waals surface area contributed by atoms with Gasteiger partial charge < -0.3 is 14.2 Å². The molecule has 0 bridgehead atoms. The van der Waals surface area contributed by atoms with Gasteiger partial charge in [-0.1, -0.05) is 11.6 Å². The van der Waals surface area contributed by atoms with E-state index in [-0.39, 0.29) is 18.7 Å². The van der Waals surface area contributed by atoms with Gasteiger partial charge >= 0.3 is 5.97 Å². The van der Waals surface area contributed by atoms with Crippen molar-refractivity contribution in [3.05, 3.63) is 28.3 Å². The predicted molar refractivity (Wildman–Crippen MR) is 86.4 cm³/mol. The van der Waals surface area contributed by atoms with Crippen molar-refractivity contribution in [1.82, 2.24) is 4.90 Å². The first-order valence-corrected chi connectivity index (χ1v) is 8.46. The molecule has 6 heteroatoms. The van der Waals surface area contributed by atoms with Gasteiger partial charge in [-0.25, -0.2) is 0 Å². The summed E-state index contributed by atoms with van der Waals surface area (Å²) in [5.74, 6) is 0.747. The number of carbonyl (C=O) groups is 1. The number of esters is 1. The first-order chi connectivity index (χ1) is 11.2. The number of fused-ring (bicyclic) bond motifs is 1. The fourth-order valence-corrected chi connectivity index (χ4v) is 3.53. The van der Waals surface area contributed by atoms with Crippen molar-refractivity contribution in [1.29, 1.82) is 0 Å². The van der Waals surface area contributed by atoms with Crippen LogP contribution in [0.25, 0.3) is 0 Å². The number of ether oxygens (including phenoxy) is 3. The zero-order valence-electron chi connectivity index (χ0n) is 13.3. The fourth-order valence-electron chi connectivity index (χ4n) is 3.27. The number of piperidine rings is 1. The highest BCUT2D eigenvalue weighted by atomic mass is 35.5. The molecule has 0 amide bonds. The summed E-state index contributed by atoms with van der Waals surface area (Å²) in [6, 6.07) is 3.83. The highest BCUT2D eigenvalue weighted by Gasteiger charge is 2.28. The Morgan fingerprint density at radius 3 is 3.17 bits per heavy atom. The van der Waals surface area contributed by atoms with Crippen LogP contribution in [0.5, 0.6) is 5.75 Å². The third-order valence-corrected chi connectivity index (χ3v) is 4.49. The van der Waals surface area contributed by atoms with Crippen molar-refractivity contribution in [2.45, 2.75) is 32.9 Å².